The van der Waals surface area contributed by atoms with Gasteiger partial charge in [-0.1, -0.05) is 17.7 Å². The summed E-state index contributed by atoms with van der Waals surface area (Å²) in [5.41, 5.74) is 1.95. The van der Waals surface area contributed by atoms with Crippen LogP contribution in [-0.4, -0.2) is 25.5 Å². The van der Waals surface area contributed by atoms with E-state index in [9.17, 15) is 4.79 Å². The number of nitrogens with zero attached hydrogens (tertiary/aromatic N) is 1. The maximum Gasteiger partial charge on any atom is 0.279 e. The summed E-state index contributed by atoms with van der Waals surface area (Å²) in [6, 6.07) is 9.58. The molecule has 1 aromatic carbocycles. The summed E-state index contributed by atoms with van der Waals surface area (Å²) >= 11 is 0. The Morgan fingerprint density at radius 1 is 1.47 bits per heavy atom. The molecule has 90 valence electrons. The Labute approximate surface area is 102 Å². The van der Waals surface area contributed by atoms with Gasteiger partial charge in [0.1, 0.15) is 6.07 Å². The molecule has 0 spiro atoms. The number of likely N-dealkylation sites (N-methyl/N-ethyl adjacent to an activating group) is 1. The summed E-state index contributed by atoms with van der Waals surface area (Å²) in [6.07, 6.45) is 0. The first-order valence-electron chi connectivity index (χ1n) is 5.61. The third-order valence-electron chi connectivity index (χ3n) is 2.71. The van der Waals surface area contributed by atoms with Crippen LogP contribution in [0.1, 0.15) is 12.5 Å². The van der Waals surface area contributed by atoms with Crippen molar-refractivity contribution < 1.29 is 9.69 Å². The second-order valence-electron chi connectivity index (χ2n) is 4.29. The Balaban J connectivity index is 2.50. The Hall–Kier alpha value is -1.86. The first-order valence-corrected chi connectivity index (χ1v) is 5.61. The smallest absolute Gasteiger partial charge is 0.279 e. The molecule has 0 heterocycles. The molecule has 0 aliphatic rings. The van der Waals surface area contributed by atoms with Gasteiger partial charge in [0.2, 0.25) is 0 Å². The van der Waals surface area contributed by atoms with E-state index in [1.54, 1.807) is 6.92 Å². The van der Waals surface area contributed by atoms with Crippen LogP contribution in [0.2, 0.25) is 0 Å². The fraction of sp³-hybridized carbons (Fsp3) is 0.385. The van der Waals surface area contributed by atoms with Gasteiger partial charge < -0.3 is 10.2 Å². The number of nitriles is 1. The molecule has 0 fully saturated rings. The van der Waals surface area contributed by atoms with E-state index in [-0.39, 0.29) is 11.9 Å². The molecular formula is C13H18N3O+. The molecule has 1 rings (SSSR count). The highest BCUT2D eigenvalue weighted by Crippen LogP contribution is 2.07. The Morgan fingerprint density at radius 3 is 2.59 bits per heavy atom. The summed E-state index contributed by atoms with van der Waals surface area (Å²) < 4.78 is 0. The lowest BCUT2D eigenvalue weighted by atomic mass is 10.2. The standard InChI is InChI=1S/C13H17N3O/c1-10-4-6-12(7-5-10)15-13(17)9-16(3)11(2)8-14/h4-7,11H,9H2,1-3H3,(H,15,17)/p+1/t11-/m1/s1. The van der Waals surface area contributed by atoms with E-state index in [0.29, 0.717) is 6.54 Å². The topological polar surface area (TPSA) is 57.3 Å². The second-order valence-corrected chi connectivity index (χ2v) is 4.29. The molecule has 0 aliphatic carbocycles. The number of carbonyl (C=O) groups is 1. The average Bonchev–Trinajstić information content (AvgIpc) is 2.30. The van der Waals surface area contributed by atoms with Crippen molar-refractivity contribution in [1.29, 1.82) is 5.26 Å². The number of amides is 1. The minimum absolute atomic E-state index is 0.0755. The Bertz CT molecular complexity index is 419. The van der Waals surface area contributed by atoms with Crippen LogP contribution >= 0.6 is 0 Å². The molecule has 0 aliphatic heterocycles. The highest BCUT2D eigenvalue weighted by molar-refractivity contribution is 5.91. The highest BCUT2D eigenvalue weighted by atomic mass is 16.2. The lowest BCUT2D eigenvalue weighted by Gasteiger charge is -2.15. The van der Waals surface area contributed by atoms with Crippen LogP contribution in [0.4, 0.5) is 5.69 Å². The fourth-order valence-corrected chi connectivity index (χ4v) is 1.36. The highest BCUT2D eigenvalue weighted by Gasteiger charge is 2.15. The summed E-state index contributed by atoms with van der Waals surface area (Å²) in [6.45, 7) is 4.09. The van der Waals surface area contributed by atoms with Crippen LogP contribution in [0, 0.1) is 18.3 Å². The van der Waals surface area contributed by atoms with Crippen molar-refractivity contribution in [3.8, 4) is 6.07 Å². The predicted molar refractivity (Wildman–Crippen MR) is 66.6 cm³/mol. The largest absolute Gasteiger partial charge is 0.321 e. The number of quaternary nitrogens is 1. The molecule has 0 saturated heterocycles. The van der Waals surface area contributed by atoms with Gasteiger partial charge in [0.15, 0.2) is 12.6 Å². The lowest BCUT2D eigenvalue weighted by molar-refractivity contribution is -0.886. The molecule has 4 nitrogen and oxygen atoms in total. The van der Waals surface area contributed by atoms with Gasteiger partial charge in [0, 0.05) is 12.6 Å². The van der Waals surface area contributed by atoms with E-state index >= 15 is 0 Å². The predicted octanol–water partition coefficient (Wildman–Crippen LogP) is 0.360. The van der Waals surface area contributed by atoms with E-state index in [0.717, 1.165) is 16.2 Å². The molecule has 2 atom stereocenters. The number of hydrogen-bond donors (Lipinski definition) is 2. The summed E-state index contributed by atoms with van der Waals surface area (Å²) in [7, 11) is 1.84. The van der Waals surface area contributed by atoms with Crippen LogP contribution < -0.4 is 10.2 Å². The Kier molecular flexibility index (Phi) is 4.68. The maximum absolute atomic E-state index is 11.7. The van der Waals surface area contributed by atoms with Gasteiger partial charge >= 0.3 is 0 Å². The first kappa shape index (κ1) is 13.2. The zero-order valence-electron chi connectivity index (χ0n) is 10.4. The SMILES string of the molecule is Cc1ccc(NC(=O)C[NH+](C)[C@H](C)C#N)cc1. The molecule has 2 N–H and O–H groups in total. The quantitative estimate of drug-likeness (QED) is 0.787. The molecular weight excluding hydrogens is 214 g/mol. The first-order chi connectivity index (χ1) is 8.02. The van der Waals surface area contributed by atoms with Crippen molar-refractivity contribution >= 4 is 11.6 Å². The molecule has 1 unspecified atom stereocenters. The lowest BCUT2D eigenvalue weighted by Crippen LogP contribution is -3.13. The molecule has 1 amide bonds. The zero-order valence-corrected chi connectivity index (χ0v) is 10.4. The van der Waals surface area contributed by atoms with Crippen LogP contribution in [-0.2, 0) is 4.79 Å². The minimum Gasteiger partial charge on any atom is -0.321 e. The van der Waals surface area contributed by atoms with Gasteiger partial charge in [0.05, 0.1) is 7.05 Å². The van der Waals surface area contributed by atoms with E-state index in [4.69, 9.17) is 5.26 Å². The molecule has 4 heteroatoms. The number of hydrogen-bond acceptors (Lipinski definition) is 2. The van der Waals surface area contributed by atoms with Gasteiger partial charge in [-0.3, -0.25) is 4.79 Å². The van der Waals surface area contributed by atoms with E-state index in [1.165, 1.54) is 0 Å². The van der Waals surface area contributed by atoms with Crippen molar-refractivity contribution in [2.75, 3.05) is 18.9 Å². The van der Waals surface area contributed by atoms with Crippen molar-refractivity contribution in [3.05, 3.63) is 29.8 Å². The van der Waals surface area contributed by atoms with Crippen LogP contribution in [0.5, 0.6) is 0 Å². The summed E-state index contributed by atoms with van der Waals surface area (Å²) in [5, 5.41) is 11.5. The summed E-state index contributed by atoms with van der Waals surface area (Å²) in [5.74, 6) is -0.0755. The fourth-order valence-electron chi connectivity index (χ4n) is 1.36. The van der Waals surface area contributed by atoms with Crippen molar-refractivity contribution in [2.45, 2.75) is 19.9 Å². The third kappa shape index (κ3) is 4.25. The number of rotatable bonds is 4. The third-order valence-corrected chi connectivity index (χ3v) is 2.71. The minimum atomic E-state index is -0.182. The molecule has 0 saturated carbocycles. The van der Waals surface area contributed by atoms with E-state index in [1.807, 2.05) is 38.2 Å². The van der Waals surface area contributed by atoms with Crippen molar-refractivity contribution in [1.82, 2.24) is 0 Å². The van der Waals surface area contributed by atoms with Crippen molar-refractivity contribution in [2.24, 2.45) is 0 Å². The zero-order chi connectivity index (χ0) is 12.8. The average molecular weight is 232 g/mol. The Morgan fingerprint density at radius 2 is 2.06 bits per heavy atom. The number of aryl methyl sites for hydroxylation is 1. The van der Waals surface area contributed by atoms with Crippen LogP contribution in [0.15, 0.2) is 24.3 Å². The van der Waals surface area contributed by atoms with Crippen molar-refractivity contribution in [3.63, 3.8) is 0 Å². The number of carbonyl (C=O) groups excluding carboxylic acids is 1. The maximum atomic E-state index is 11.7. The monoisotopic (exact) mass is 232 g/mol. The van der Waals surface area contributed by atoms with Gasteiger partial charge in [-0.2, -0.15) is 5.26 Å². The van der Waals surface area contributed by atoms with Gasteiger partial charge in [0.25, 0.3) is 5.91 Å². The number of nitrogens with one attached hydrogen (secondary N) is 2. The summed E-state index contributed by atoms with van der Waals surface area (Å²) in [4.78, 5) is 12.6. The van der Waals surface area contributed by atoms with Gasteiger partial charge in [-0.15, -0.1) is 0 Å². The molecule has 1 aromatic rings. The normalized spacial score (nSPS) is 13.5. The second kappa shape index (κ2) is 6.02. The van der Waals surface area contributed by atoms with Crippen LogP contribution in [0.25, 0.3) is 0 Å². The molecule has 0 radical (unpaired) electrons. The van der Waals surface area contributed by atoms with Gasteiger partial charge in [-0.25, -0.2) is 0 Å². The van der Waals surface area contributed by atoms with E-state index < -0.39 is 0 Å². The molecule has 0 aromatic heterocycles. The van der Waals surface area contributed by atoms with E-state index in [2.05, 4.69) is 11.4 Å². The number of anilines is 1. The van der Waals surface area contributed by atoms with Gasteiger partial charge in [-0.05, 0) is 19.1 Å². The molecule has 17 heavy (non-hydrogen) atoms. The molecule has 0 bridgehead atoms. The number of benzene rings is 1. The van der Waals surface area contributed by atoms with Crippen LogP contribution in [0.3, 0.4) is 0 Å².